The Bertz CT molecular complexity index is 5240. The molecule has 133 heavy (non-hydrogen) atoms. The summed E-state index contributed by atoms with van der Waals surface area (Å²) in [6, 6.07) is -5.98. The summed E-state index contributed by atoms with van der Waals surface area (Å²) in [4.78, 5) is 96.4. The van der Waals surface area contributed by atoms with Crippen LogP contribution < -0.4 is 21.3 Å². The Kier molecular flexibility index (Phi) is 52.7. The monoisotopic (exact) mass is 1930 g/mol. The minimum atomic E-state index is -4.49. The largest absolute Gasteiger partial charge is 0.467 e. The Morgan fingerprint density at radius 1 is 0.353 bits per heavy atom. The second kappa shape index (κ2) is 57.8. The van der Waals surface area contributed by atoms with E-state index in [1.165, 1.54) is 120 Å². The van der Waals surface area contributed by atoms with Gasteiger partial charge in [0.1, 0.15) is 47.2 Å². The second-order valence-corrected chi connectivity index (χ2v) is 42.8. The molecular weight excluding hydrogens is 1780 g/mol. The van der Waals surface area contributed by atoms with Crippen molar-refractivity contribution in [3.63, 3.8) is 0 Å². The molecule has 4 amide bonds. The van der Waals surface area contributed by atoms with Crippen molar-refractivity contribution in [1.29, 1.82) is 0 Å². The SMILES string of the molecule is CC1=C(/C=C/C(C)=C/C=C/C(C)=C/C(=O)N[C@@H](CS(=O)(=O)O)C(=O)OC(C)C)C(C)(C)CCC1.CCCOC(=O)[C@H](CS(=O)(=O)O)NC(=O)/C=C(C)/C=C/C=C(C)/C=C/C1=C(C)CCCC1(C)C.CCOC(=O)[C@H](CS(=O)(=O)O)NC(=O)/C=C(C)/C=C/C=C(C)/C=C/C1=C(C)CCCC1(C)C.COC(=O)[C@H](CS(=O)(=O)O)NC(=O)/C=C(C)/C=C/C=C(C)/C=C/C1=C(C)CCCC1(C)C. The lowest BCUT2D eigenvalue weighted by Crippen LogP contribution is -2.46. The Labute approximate surface area is 793 Å². The highest BCUT2D eigenvalue weighted by Gasteiger charge is 2.34. The predicted molar refractivity (Wildman–Crippen MR) is 529 cm³/mol. The van der Waals surface area contributed by atoms with E-state index in [1.54, 1.807) is 79.7 Å². The summed E-state index contributed by atoms with van der Waals surface area (Å²) in [6.07, 6.45) is 58.2. The van der Waals surface area contributed by atoms with Crippen molar-refractivity contribution >= 4 is 88.0 Å². The quantitative estimate of drug-likeness (QED) is 0.00928. The Morgan fingerprint density at radius 2 is 0.579 bits per heavy atom. The van der Waals surface area contributed by atoms with Crippen molar-refractivity contribution in [2.24, 2.45) is 21.7 Å². The van der Waals surface area contributed by atoms with E-state index in [9.17, 15) is 72.0 Å². The third-order valence-electron chi connectivity index (χ3n) is 21.7. The number of hydrogen-bond donors (Lipinski definition) is 8. The molecule has 4 atom stereocenters. The van der Waals surface area contributed by atoms with Gasteiger partial charge in [-0.25, -0.2) is 19.2 Å². The Hall–Kier alpha value is -9.80. The van der Waals surface area contributed by atoms with E-state index in [2.05, 4.69) is 158 Å². The van der Waals surface area contributed by atoms with Gasteiger partial charge in [-0.1, -0.05) is 228 Å². The molecule has 0 radical (unpaired) electrons. The number of allylic oxidation sites excluding steroid dienone is 36. The molecule has 0 heterocycles. The van der Waals surface area contributed by atoms with Gasteiger partial charge >= 0.3 is 23.9 Å². The topological polar surface area (TPSA) is 439 Å². The molecule has 0 aromatic heterocycles. The van der Waals surface area contributed by atoms with Crippen molar-refractivity contribution < 1.29 is 109 Å². The molecule has 32 heteroatoms. The molecule has 4 aliphatic rings. The molecule has 0 aliphatic heterocycles. The number of hydrogen-bond acceptors (Lipinski definition) is 20. The Morgan fingerprint density at radius 3 is 0.782 bits per heavy atom. The second-order valence-electron chi connectivity index (χ2n) is 36.9. The lowest BCUT2D eigenvalue weighted by Gasteiger charge is -2.33. The fraction of sp³-hybridized carbons (Fsp3) is 0.525. The molecular formula is C101H150N4O24S4. The highest BCUT2D eigenvalue weighted by atomic mass is 32.2. The zero-order valence-electron chi connectivity index (χ0n) is 82.8. The van der Waals surface area contributed by atoms with Crippen molar-refractivity contribution in [2.45, 2.75) is 280 Å². The van der Waals surface area contributed by atoms with Crippen LogP contribution in [0.5, 0.6) is 0 Å². The summed E-state index contributed by atoms with van der Waals surface area (Å²) < 4.78 is 144. The normalized spacial score (nSPS) is 18.6. The van der Waals surface area contributed by atoms with E-state index in [0.29, 0.717) is 28.7 Å². The van der Waals surface area contributed by atoms with E-state index >= 15 is 0 Å². The third-order valence-corrected chi connectivity index (χ3v) is 24.7. The van der Waals surface area contributed by atoms with E-state index in [-0.39, 0.29) is 34.9 Å². The van der Waals surface area contributed by atoms with E-state index in [1.807, 2.05) is 76.3 Å². The summed E-state index contributed by atoms with van der Waals surface area (Å²) in [5.74, 6) is -10.2. The van der Waals surface area contributed by atoms with Crippen molar-refractivity contribution in [1.82, 2.24) is 21.3 Å². The van der Waals surface area contributed by atoms with Crippen molar-refractivity contribution in [3.05, 3.63) is 235 Å². The van der Waals surface area contributed by atoms with Gasteiger partial charge in [0.05, 0.1) is 26.4 Å². The van der Waals surface area contributed by atoms with Gasteiger partial charge in [0.25, 0.3) is 40.5 Å². The van der Waals surface area contributed by atoms with Crippen LogP contribution in [0.3, 0.4) is 0 Å². The maximum absolute atomic E-state index is 12.3. The summed E-state index contributed by atoms with van der Waals surface area (Å²) >= 11 is 0. The van der Waals surface area contributed by atoms with Crippen LogP contribution >= 0.6 is 0 Å². The van der Waals surface area contributed by atoms with Gasteiger partial charge in [-0.15, -0.1) is 0 Å². The fourth-order valence-electron chi connectivity index (χ4n) is 14.9. The van der Waals surface area contributed by atoms with E-state index in [4.69, 9.17) is 32.4 Å². The van der Waals surface area contributed by atoms with Crippen molar-refractivity contribution in [2.75, 3.05) is 43.3 Å². The maximum Gasteiger partial charge on any atom is 0.330 e. The van der Waals surface area contributed by atoms with Crippen LogP contribution in [0.25, 0.3) is 0 Å². The molecule has 4 aliphatic carbocycles. The first-order valence-corrected chi connectivity index (χ1v) is 51.1. The zero-order chi connectivity index (χ0) is 102. The first-order valence-electron chi connectivity index (χ1n) is 44.7. The summed E-state index contributed by atoms with van der Waals surface area (Å²) in [7, 11) is -16.9. The van der Waals surface area contributed by atoms with Crippen LogP contribution in [0.4, 0.5) is 0 Å². The Balaban J connectivity index is 0.000000887. The molecule has 8 N–H and O–H groups in total. The highest BCUT2D eigenvalue weighted by Crippen LogP contribution is 2.44. The number of rotatable bonds is 40. The standard InChI is InChI=1S/2C26H39NO6S.C25H37NO6S.C24H35NO6S/c1-18(2)33-25(29)23(17-34(30,31)32)27-24(28)16-20(4)11-8-10-19(3)13-14-22-21(5)12-9-15-26(22,6)7;1-7-16-33-25(29)23(18-34(30,31)32)27-24(28)17-20(3)11-8-10-19(2)13-14-22-21(4)12-9-15-26(22,5)6;1-7-32-24(28)22(17-33(29,30)31)26-23(27)16-19(3)11-8-10-18(2)13-14-21-20(4)12-9-15-25(21,5)6;1-17(12-13-20-19(3)11-8-14-24(20,4)5)9-7-10-18(2)15-22(26)25-21(23(27)31-6)16-32(28,29)30/h8,10-11,13-14,16,18,23H,9,12,15,17H2,1-7H3,(H,27,28)(H,30,31,32);8,10-11,13-14,17,23H,7,9,12,15-16,18H2,1-6H3,(H,27,28)(H,30,31,32);8,10-11,13-14,16,22H,7,9,12,15,17H2,1-6H3,(H,26,27)(H,29,30,31);7,9-10,12-13,15,21H,8,11,14,16H2,1-6H3,(H,25,26)(H,28,29,30)/b11-8+,14-13+,19-10+,20-16+;11-8+,14-13+,19-10+,20-17+;11-8+,14-13+,18-10+,19-16+;10-7+,13-12+,17-9+,18-15+/t2*23-;22-;21-/m0000/s1. The van der Waals surface area contributed by atoms with Crippen LogP contribution in [0.2, 0.25) is 0 Å². The van der Waals surface area contributed by atoms with Crippen LogP contribution in [-0.2, 0) is 97.8 Å². The molecule has 4 rings (SSSR count). The van der Waals surface area contributed by atoms with E-state index < -0.39 is 141 Å². The first-order chi connectivity index (χ1) is 61.3. The minimum Gasteiger partial charge on any atom is -0.467 e. The van der Waals surface area contributed by atoms with Gasteiger partial charge in [0.15, 0.2) is 0 Å². The van der Waals surface area contributed by atoms with Crippen molar-refractivity contribution in [3.8, 4) is 0 Å². The van der Waals surface area contributed by atoms with Gasteiger partial charge in [0.2, 0.25) is 23.6 Å². The lowest BCUT2D eigenvalue weighted by molar-refractivity contribution is -0.150. The number of ether oxygens (including phenoxy) is 4. The molecule has 0 aromatic rings. The number of carbonyl (C=O) groups excluding carboxylic acids is 8. The average molecular weight is 1930 g/mol. The summed E-state index contributed by atoms with van der Waals surface area (Å²) in [5.41, 5.74) is 18.6. The van der Waals surface area contributed by atoms with Crippen LogP contribution in [0.1, 0.15) is 250 Å². The van der Waals surface area contributed by atoms with Gasteiger partial charge in [-0.05, 0) is 254 Å². The zero-order valence-corrected chi connectivity index (χ0v) is 86.0. The van der Waals surface area contributed by atoms with Crippen LogP contribution in [-0.4, -0.2) is 173 Å². The number of methoxy groups -OCH3 is 1. The lowest BCUT2D eigenvalue weighted by atomic mass is 9.72. The number of esters is 4. The number of nitrogens with one attached hydrogen (secondary N) is 4. The number of carbonyl (C=O) groups is 8. The predicted octanol–water partition coefficient (Wildman–Crippen LogP) is 18.2. The smallest absolute Gasteiger partial charge is 0.330 e. The molecule has 0 saturated heterocycles. The van der Waals surface area contributed by atoms with Crippen LogP contribution in [0.15, 0.2) is 235 Å². The molecule has 0 aromatic carbocycles. The fourth-order valence-corrected chi connectivity index (χ4v) is 17.5. The molecule has 0 fully saturated rings. The van der Waals surface area contributed by atoms with Gasteiger partial charge in [-0.2, -0.15) is 33.7 Å². The van der Waals surface area contributed by atoms with E-state index in [0.717, 1.165) is 55.1 Å². The molecule has 0 spiro atoms. The van der Waals surface area contributed by atoms with Crippen LogP contribution in [0, 0.1) is 21.7 Å². The van der Waals surface area contributed by atoms with Gasteiger partial charge in [0, 0.05) is 24.3 Å². The molecule has 0 saturated carbocycles. The summed E-state index contributed by atoms with van der Waals surface area (Å²) in [6.45, 7) is 48.4. The maximum atomic E-state index is 12.3. The number of amides is 4. The molecule has 0 unspecified atom stereocenters. The first kappa shape index (κ1) is 121. The summed E-state index contributed by atoms with van der Waals surface area (Å²) in [5, 5.41) is 9.06. The average Bonchev–Trinajstić information content (AvgIpc) is 0.829. The van der Waals surface area contributed by atoms with Gasteiger partial charge in [-0.3, -0.25) is 37.4 Å². The molecule has 28 nitrogen and oxygen atoms in total. The molecule has 0 bridgehead atoms. The van der Waals surface area contributed by atoms with Gasteiger partial charge < -0.3 is 40.2 Å². The highest BCUT2D eigenvalue weighted by molar-refractivity contribution is 7.86. The minimum absolute atomic E-state index is 0.0166. The third kappa shape index (κ3) is 52.6. The molecule has 742 valence electrons.